The van der Waals surface area contributed by atoms with Gasteiger partial charge in [-0.2, -0.15) is 0 Å². The first-order chi connectivity index (χ1) is 30.3. The number of unbranched alkanes of at least 4 members (excludes halogenated alkanes) is 2. The molecule has 10 bridgehead atoms. The number of phenolic OH excluding ortho intramolecular Hbond substituents is 1. The SMILES string of the molecule is CCCCCc1c(CO)cc(C2C#CC3CC(=O)Oc4cc(O)c(cc43)CC3OC(=O)C(=CC(O)Cc4cccc(c4)CC4C(=O)CCC5C4CCCC35O)C2)cc1NCC(C)O. The van der Waals surface area contributed by atoms with Gasteiger partial charge < -0.3 is 40.3 Å². The Balaban J connectivity index is 1.32. The zero-order chi connectivity index (χ0) is 44.4. The van der Waals surface area contributed by atoms with Crippen LogP contribution in [0.15, 0.2) is 60.2 Å². The molecule has 0 saturated heterocycles. The molecule has 9 unspecified atom stereocenters. The second-order valence-electron chi connectivity index (χ2n) is 18.7. The number of aliphatic hydroxyl groups excluding tert-OH is 3. The summed E-state index contributed by atoms with van der Waals surface area (Å²) >= 11 is 0. The lowest BCUT2D eigenvalue weighted by atomic mass is 9.56. The minimum absolute atomic E-state index is 0.0283. The van der Waals surface area contributed by atoms with E-state index in [1.165, 1.54) is 12.1 Å². The molecule has 3 aromatic rings. The molecule has 2 saturated carbocycles. The summed E-state index contributed by atoms with van der Waals surface area (Å²) in [5, 5.41) is 61.0. The summed E-state index contributed by atoms with van der Waals surface area (Å²) in [7, 11) is 0. The number of esters is 2. The highest BCUT2D eigenvalue weighted by Crippen LogP contribution is 2.52. The van der Waals surface area contributed by atoms with E-state index in [1.807, 2.05) is 36.4 Å². The lowest BCUT2D eigenvalue weighted by molar-refractivity contribution is -0.191. The number of aromatic hydroxyl groups is 1. The molecule has 2 aliphatic carbocycles. The van der Waals surface area contributed by atoms with Crippen LogP contribution < -0.4 is 10.1 Å². The third kappa shape index (κ3) is 9.61. The Morgan fingerprint density at radius 2 is 1.75 bits per heavy atom. The maximum atomic E-state index is 15.0. The molecule has 5 aliphatic rings. The van der Waals surface area contributed by atoms with Crippen molar-refractivity contribution in [2.24, 2.45) is 17.8 Å². The van der Waals surface area contributed by atoms with Gasteiger partial charge in [0.25, 0.3) is 0 Å². The highest BCUT2D eigenvalue weighted by molar-refractivity contribution is 5.89. The van der Waals surface area contributed by atoms with E-state index in [9.17, 15) is 35.1 Å². The van der Waals surface area contributed by atoms with E-state index in [0.29, 0.717) is 54.4 Å². The summed E-state index contributed by atoms with van der Waals surface area (Å²) < 4.78 is 12.2. The van der Waals surface area contributed by atoms with Crippen LogP contribution in [-0.4, -0.2) is 73.7 Å². The molecule has 0 amide bonds. The highest BCUT2D eigenvalue weighted by Gasteiger charge is 2.55. The van der Waals surface area contributed by atoms with Crippen molar-refractivity contribution >= 4 is 23.4 Å². The zero-order valence-corrected chi connectivity index (χ0v) is 36.4. The predicted molar refractivity (Wildman–Crippen MR) is 237 cm³/mol. The smallest absolute Gasteiger partial charge is 0.334 e. The van der Waals surface area contributed by atoms with Gasteiger partial charge in [0.1, 0.15) is 29.0 Å². The van der Waals surface area contributed by atoms with Crippen LogP contribution in [0.1, 0.15) is 129 Å². The third-order valence-electron chi connectivity index (χ3n) is 14.3. The van der Waals surface area contributed by atoms with Crippen LogP contribution in [0.5, 0.6) is 11.5 Å². The van der Waals surface area contributed by atoms with Crippen molar-refractivity contribution in [3.8, 4) is 23.3 Å². The van der Waals surface area contributed by atoms with Gasteiger partial charge in [-0.15, -0.1) is 0 Å². The highest BCUT2D eigenvalue weighted by atomic mass is 16.6. The van der Waals surface area contributed by atoms with Gasteiger partial charge in [0.15, 0.2) is 0 Å². The molecule has 3 heterocycles. The molecule has 9 atom stereocenters. The zero-order valence-electron chi connectivity index (χ0n) is 36.4. The van der Waals surface area contributed by atoms with Crippen molar-refractivity contribution in [2.45, 2.75) is 146 Å². The molecule has 8 rings (SSSR count). The van der Waals surface area contributed by atoms with Crippen LogP contribution in [-0.2, 0) is 51.4 Å². The number of rotatable bonds is 9. The van der Waals surface area contributed by atoms with Gasteiger partial charge in [0.05, 0.1) is 31.2 Å². The van der Waals surface area contributed by atoms with Crippen LogP contribution >= 0.6 is 0 Å². The normalized spacial score (nSPS) is 28.6. The van der Waals surface area contributed by atoms with Gasteiger partial charge in [-0.1, -0.05) is 68.4 Å². The van der Waals surface area contributed by atoms with Gasteiger partial charge in [-0.25, -0.2) is 4.79 Å². The number of benzene rings is 3. The summed E-state index contributed by atoms with van der Waals surface area (Å²) in [4.78, 5) is 41.9. The number of nitrogens with one attached hydrogen (secondary N) is 1. The first-order valence-electron chi connectivity index (χ1n) is 23.0. The molecule has 11 nitrogen and oxygen atoms in total. The van der Waals surface area contributed by atoms with Crippen molar-refractivity contribution in [2.75, 3.05) is 11.9 Å². The van der Waals surface area contributed by atoms with Gasteiger partial charge in [-0.3, -0.25) is 9.59 Å². The van der Waals surface area contributed by atoms with E-state index < -0.39 is 47.7 Å². The molecule has 2 fully saturated rings. The average Bonchev–Trinajstić information content (AvgIpc) is 3.25. The quantitative estimate of drug-likeness (QED) is 0.0586. The number of hydrogen-bond acceptors (Lipinski definition) is 11. The van der Waals surface area contributed by atoms with Crippen LogP contribution in [0.25, 0.3) is 0 Å². The Kier molecular flexibility index (Phi) is 13.5. The number of hydrogen-bond donors (Lipinski definition) is 6. The Hall–Kier alpha value is -4.99. The van der Waals surface area contributed by atoms with Gasteiger partial charge in [0, 0.05) is 60.5 Å². The van der Waals surface area contributed by atoms with Crippen LogP contribution in [0.4, 0.5) is 5.69 Å². The number of aliphatic hydroxyl groups is 4. The first kappa shape index (κ1) is 44.6. The number of carbonyl (C=O) groups is 3. The van der Waals surface area contributed by atoms with Crippen LogP contribution in [0.2, 0.25) is 0 Å². The predicted octanol–water partition coefficient (Wildman–Crippen LogP) is 6.66. The molecule has 0 radical (unpaired) electrons. The van der Waals surface area contributed by atoms with E-state index in [-0.39, 0.29) is 85.9 Å². The standard InChI is InChI=1S/C52H61NO10/c1-3-4-5-10-40-38(29-54)21-35(24-45(40)53-28-30(2)55)33-12-13-34-26-50(59)62-48-27-47(58)36(23-42(34)48)25-49-52(61)16-7-11-41-43(46(57)15-14-44(41)52)19-32-9-6-8-31(17-32)18-39(56)22-37(20-33)51(60)63-49/h6,8-9,17,21-24,27,30,33-34,39,41,43-44,49,53-56,58,61H,3-5,7,10-11,14-16,18-20,25-26,28-29H2,1-2H3. The van der Waals surface area contributed by atoms with E-state index >= 15 is 4.79 Å². The lowest BCUT2D eigenvalue weighted by Crippen LogP contribution is -2.59. The Bertz CT molecular complexity index is 2320. The number of ether oxygens (including phenoxy) is 2. The fourth-order valence-corrected chi connectivity index (χ4v) is 11.1. The molecular formula is C52H61NO10. The van der Waals surface area contributed by atoms with Gasteiger partial charge >= 0.3 is 11.9 Å². The summed E-state index contributed by atoms with van der Waals surface area (Å²) in [6.07, 6.45) is 5.10. The van der Waals surface area contributed by atoms with Crippen molar-refractivity contribution in [1.29, 1.82) is 0 Å². The summed E-state index contributed by atoms with van der Waals surface area (Å²) in [5.41, 5.74) is 4.40. The summed E-state index contributed by atoms with van der Waals surface area (Å²) in [5.74, 6) is 3.43. The molecule has 63 heavy (non-hydrogen) atoms. The second-order valence-corrected chi connectivity index (χ2v) is 18.7. The molecule has 3 aliphatic heterocycles. The van der Waals surface area contributed by atoms with Crippen molar-refractivity contribution < 1.29 is 49.4 Å². The molecule has 11 heteroatoms. The fourth-order valence-electron chi connectivity index (χ4n) is 11.1. The van der Waals surface area contributed by atoms with Gasteiger partial charge in [0.2, 0.25) is 0 Å². The Morgan fingerprint density at radius 3 is 2.52 bits per heavy atom. The topological polar surface area (TPSA) is 183 Å². The number of fused-ring (bicyclic) bond motifs is 7. The lowest BCUT2D eigenvalue weighted by Gasteiger charge is -2.52. The monoisotopic (exact) mass is 859 g/mol. The molecule has 334 valence electrons. The average molecular weight is 860 g/mol. The summed E-state index contributed by atoms with van der Waals surface area (Å²) in [6, 6.07) is 14.9. The van der Waals surface area contributed by atoms with E-state index in [4.69, 9.17) is 9.47 Å². The number of carbonyl (C=O) groups excluding carboxylic acids is 3. The first-order valence-corrected chi connectivity index (χ1v) is 23.0. The Morgan fingerprint density at radius 1 is 0.952 bits per heavy atom. The number of anilines is 1. The van der Waals surface area contributed by atoms with E-state index in [2.05, 4.69) is 24.1 Å². The number of Topliss-reactive ketones (excluding diaryl/α,β-unsaturated/α-hetero) is 1. The van der Waals surface area contributed by atoms with E-state index in [1.54, 1.807) is 13.0 Å². The number of ketones is 1. The maximum Gasteiger partial charge on any atom is 0.334 e. The number of phenols is 1. The van der Waals surface area contributed by atoms with Crippen molar-refractivity contribution in [1.82, 2.24) is 0 Å². The molecule has 0 spiro atoms. The van der Waals surface area contributed by atoms with Crippen molar-refractivity contribution in [3.63, 3.8) is 0 Å². The molecular weight excluding hydrogens is 799 g/mol. The summed E-state index contributed by atoms with van der Waals surface area (Å²) in [6.45, 7) is 3.82. The van der Waals surface area contributed by atoms with E-state index in [0.717, 1.165) is 48.1 Å². The molecule has 6 N–H and O–H groups in total. The van der Waals surface area contributed by atoms with Crippen LogP contribution in [0.3, 0.4) is 0 Å². The minimum Gasteiger partial charge on any atom is -0.508 e. The molecule has 3 aromatic carbocycles. The second kappa shape index (κ2) is 19.0. The van der Waals surface area contributed by atoms with Gasteiger partial charge in [-0.05, 0) is 115 Å². The molecule has 0 aromatic heterocycles. The van der Waals surface area contributed by atoms with Crippen molar-refractivity contribution in [3.05, 3.63) is 99.1 Å². The van der Waals surface area contributed by atoms with Crippen LogP contribution in [0, 0.1) is 29.6 Å². The minimum atomic E-state index is -1.57. The fraction of sp³-hybridized carbons (Fsp3) is 0.519. The largest absolute Gasteiger partial charge is 0.508 e. The Labute approximate surface area is 369 Å². The third-order valence-corrected chi connectivity index (χ3v) is 14.3. The maximum absolute atomic E-state index is 15.0.